The van der Waals surface area contributed by atoms with Crippen LogP contribution in [0.2, 0.25) is 0 Å². The van der Waals surface area contributed by atoms with E-state index in [1.165, 1.54) is 39.2 Å². The quantitative estimate of drug-likeness (QED) is 0.455. The van der Waals surface area contributed by atoms with E-state index in [-0.39, 0.29) is 11.5 Å². The molecule has 6 nitrogen and oxygen atoms in total. The third kappa shape index (κ3) is 6.66. The van der Waals surface area contributed by atoms with Crippen molar-refractivity contribution < 1.29 is 24.1 Å². The maximum Gasteiger partial charge on any atom is 0.308 e. The number of piperidine rings is 1. The Hall–Kier alpha value is -1.90. The lowest BCUT2D eigenvalue weighted by molar-refractivity contribution is -0.146. The molecule has 1 aliphatic carbocycles. The summed E-state index contributed by atoms with van der Waals surface area (Å²) in [6.45, 7) is 2.35. The maximum absolute atomic E-state index is 14.7. The van der Waals surface area contributed by atoms with Crippen LogP contribution in [0.4, 0.5) is 4.39 Å². The van der Waals surface area contributed by atoms with Crippen LogP contribution in [0.15, 0.2) is 24.4 Å². The number of carboxylic acids is 1. The molecule has 1 aromatic heterocycles. The molecular weight excluding hydrogens is 467 g/mol. The van der Waals surface area contributed by atoms with Gasteiger partial charge in [0.05, 0.1) is 30.8 Å². The van der Waals surface area contributed by atoms with E-state index in [1.807, 2.05) is 11.8 Å². The summed E-state index contributed by atoms with van der Waals surface area (Å²) in [6.07, 6.45) is 8.38. The molecule has 2 N–H and O–H groups in total. The van der Waals surface area contributed by atoms with Gasteiger partial charge >= 0.3 is 5.97 Å². The molecule has 2 aliphatic rings. The molecule has 1 saturated carbocycles. The van der Waals surface area contributed by atoms with Crippen molar-refractivity contribution in [2.24, 2.45) is 11.8 Å². The zero-order chi connectivity index (χ0) is 24.8. The molecular formula is C27H37FN2O4S. The van der Waals surface area contributed by atoms with Crippen LogP contribution in [-0.2, 0) is 4.79 Å². The van der Waals surface area contributed by atoms with Crippen LogP contribution in [0.1, 0.15) is 63.0 Å². The summed E-state index contributed by atoms with van der Waals surface area (Å²) in [5, 5.41) is 22.1. The van der Waals surface area contributed by atoms with Gasteiger partial charge in [0.25, 0.3) is 0 Å². The Morgan fingerprint density at radius 2 is 2.09 bits per heavy atom. The van der Waals surface area contributed by atoms with E-state index in [9.17, 15) is 19.4 Å². The van der Waals surface area contributed by atoms with Crippen molar-refractivity contribution in [2.75, 3.05) is 32.5 Å². The highest BCUT2D eigenvalue weighted by Gasteiger charge is 2.34. The molecule has 2 aromatic rings. The number of hydrogen-bond donors (Lipinski definition) is 2. The van der Waals surface area contributed by atoms with Crippen LogP contribution in [-0.4, -0.2) is 63.8 Å². The number of fused-ring (bicyclic) bond motifs is 1. The van der Waals surface area contributed by atoms with Crippen molar-refractivity contribution in [3.8, 4) is 5.75 Å². The number of thioether (sulfide) groups is 1. The predicted molar refractivity (Wildman–Crippen MR) is 137 cm³/mol. The zero-order valence-electron chi connectivity index (χ0n) is 20.5. The molecule has 2 fully saturated rings. The fraction of sp³-hybridized carbons (Fsp3) is 0.630. The Kier molecular flexibility index (Phi) is 9.25. The average molecular weight is 505 g/mol. The number of aliphatic carboxylic acids is 1. The normalized spacial score (nSPS) is 22.8. The van der Waals surface area contributed by atoms with Gasteiger partial charge in [-0.15, -0.1) is 0 Å². The van der Waals surface area contributed by atoms with Gasteiger partial charge < -0.3 is 19.8 Å². The number of nitrogens with zero attached hydrogens (tertiary/aromatic N) is 2. The van der Waals surface area contributed by atoms with Crippen molar-refractivity contribution in [1.82, 2.24) is 9.88 Å². The van der Waals surface area contributed by atoms with E-state index in [0.717, 1.165) is 36.7 Å². The second-order valence-corrected chi connectivity index (χ2v) is 11.3. The van der Waals surface area contributed by atoms with Gasteiger partial charge in [0.15, 0.2) is 0 Å². The lowest BCUT2D eigenvalue weighted by atomic mass is 9.81. The number of benzene rings is 1. The first kappa shape index (κ1) is 26.2. The summed E-state index contributed by atoms with van der Waals surface area (Å²) in [7, 11) is 1.54. The lowest BCUT2D eigenvalue weighted by Gasteiger charge is -2.37. The Morgan fingerprint density at radius 3 is 2.83 bits per heavy atom. The van der Waals surface area contributed by atoms with Gasteiger partial charge in [-0.25, -0.2) is 4.39 Å². The molecule has 0 spiro atoms. The van der Waals surface area contributed by atoms with Gasteiger partial charge in [-0.05, 0) is 62.8 Å². The standard InChI is InChI=1S/C27H37FN2O4S/c1-34-19-8-9-24-21(15-19)26(23(28)16-29-24)25(31)10-7-18-11-12-30(17-22(18)27(32)33)13-14-35-20-5-3-2-4-6-20/h8-9,15-16,18,20,22,25,31H,2-7,10-14,17H2,1H3,(H,32,33)/t18-,22+,25-/m0/s1. The molecule has 35 heavy (non-hydrogen) atoms. The van der Waals surface area contributed by atoms with Crippen LogP contribution in [0.5, 0.6) is 5.75 Å². The fourth-order valence-electron chi connectivity index (χ4n) is 5.63. The molecule has 8 heteroatoms. The van der Waals surface area contributed by atoms with Gasteiger partial charge in [0.1, 0.15) is 11.6 Å². The Bertz CT molecular complexity index is 1000. The molecule has 192 valence electrons. The monoisotopic (exact) mass is 504 g/mol. The van der Waals surface area contributed by atoms with Gasteiger partial charge in [0.2, 0.25) is 0 Å². The number of likely N-dealkylation sites (tertiary alicyclic amines) is 1. The minimum Gasteiger partial charge on any atom is -0.497 e. The molecule has 4 rings (SSSR count). The van der Waals surface area contributed by atoms with E-state index in [4.69, 9.17) is 4.74 Å². The second-order valence-electron chi connectivity index (χ2n) is 9.92. The number of aromatic nitrogens is 1. The lowest BCUT2D eigenvalue weighted by Crippen LogP contribution is -2.44. The smallest absolute Gasteiger partial charge is 0.308 e. The summed E-state index contributed by atoms with van der Waals surface area (Å²) in [5.74, 6) is -0.209. The average Bonchev–Trinajstić information content (AvgIpc) is 2.87. The van der Waals surface area contributed by atoms with Crippen molar-refractivity contribution in [1.29, 1.82) is 0 Å². The number of carbonyl (C=O) groups is 1. The molecule has 0 amide bonds. The number of aliphatic hydroxyl groups is 1. The number of methoxy groups -OCH3 is 1. The number of pyridine rings is 1. The third-order valence-electron chi connectivity index (χ3n) is 7.68. The summed E-state index contributed by atoms with van der Waals surface area (Å²) < 4.78 is 20.0. The van der Waals surface area contributed by atoms with Gasteiger partial charge in [0, 0.05) is 35.0 Å². The molecule has 0 unspecified atom stereocenters. The van der Waals surface area contributed by atoms with Gasteiger partial charge in [-0.2, -0.15) is 11.8 Å². The zero-order valence-corrected chi connectivity index (χ0v) is 21.3. The number of aliphatic hydroxyl groups excluding tert-OH is 1. The molecule has 3 atom stereocenters. The first-order chi connectivity index (χ1) is 17.0. The minimum atomic E-state index is -1.04. The maximum atomic E-state index is 14.7. The largest absolute Gasteiger partial charge is 0.497 e. The van der Waals surface area contributed by atoms with Crippen molar-refractivity contribution in [3.63, 3.8) is 0 Å². The van der Waals surface area contributed by atoms with E-state index < -0.39 is 23.8 Å². The Balaban J connectivity index is 1.34. The van der Waals surface area contributed by atoms with E-state index in [0.29, 0.717) is 36.0 Å². The molecule has 1 aromatic carbocycles. The van der Waals surface area contributed by atoms with Crippen LogP contribution < -0.4 is 4.74 Å². The van der Waals surface area contributed by atoms with Crippen molar-refractivity contribution >= 4 is 28.6 Å². The highest BCUT2D eigenvalue weighted by Crippen LogP contribution is 2.35. The second kappa shape index (κ2) is 12.4. The van der Waals surface area contributed by atoms with Gasteiger partial charge in [-0.3, -0.25) is 9.78 Å². The predicted octanol–water partition coefficient (Wildman–Crippen LogP) is 5.28. The number of halogens is 1. The van der Waals surface area contributed by atoms with Gasteiger partial charge in [-0.1, -0.05) is 19.3 Å². The van der Waals surface area contributed by atoms with Crippen molar-refractivity contribution in [3.05, 3.63) is 35.8 Å². The van der Waals surface area contributed by atoms with Crippen LogP contribution >= 0.6 is 11.8 Å². The molecule has 2 heterocycles. The molecule has 1 aliphatic heterocycles. The number of ether oxygens (including phenoxy) is 1. The SMILES string of the molecule is COc1ccc2ncc(F)c([C@@H](O)CC[C@H]3CCN(CCSC4CCCCC4)C[C@H]3C(=O)O)c2c1. The van der Waals surface area contributed by atoms with E-state index in [1.54, 1.807) is 18.2 Å². The van der Waals surface area contributed by atoms with E-state index >= 15 is 0 Å². The molecule has 0 radical (unpaired) electrons. The first-order valence-corrected chi connectivity index (χ1v) is 13.9. The summed E-state index contributed by atoms with van der Waals surface area (Å²) in [5.41, 5.74) is 0.794. The van der Waals surface area contributed by atoms with E-state index in [2.05, 4.69) is 9.88 Å². The summed E-state index contributed by atoms with van der Waals surface area (Å²) in [4.78, 5) is 18.5. The number of hydrogen-bond acceptors (Lipinski definition) is 6. The fourth-order valence-corrected chi connectivity index (χ4v) is 6.99. The highest BCUT2D eigenvalue weighted by molar-refractivity contribution is 7.99. The van der Waals surface area contributed by atoms with Crippen LogP contribution in [0.25, 0.3) is 10.9 Å². The van der Waals surface area contributed by atoms with Crippen LogP contribution in [0, 0.1) is 17.7 Å². The third-order valence-corrected chi connectivity index (χ3v) is 9.04. The minimum absolute atomic E-state index is 0.0323. The highest BCUT2D eigenvalue weighted by atomic mass is 32.2. The molecule has 1 saturated heterocycles. The Labute approximate surface area is 211 Å². The summed E-state index contributed by atoms with van der Waals surface area (Å²) >= 11 is 2.05. The molecule has 0 bridgehead atoms. The summed E-state index contributed by atoms with van der Waals surface area (Å²) in [6, 6.07) is 5.18. The van der Waals surface area contributed by atoms with Crippen molar-refractivity contribution in [2.45, 2.75) is 62.7 Å². The Morgan fingerprint density at radius 1 is 1.29 bits per heavy atom. The topological polar surface area (TPSA) is 82.9 Å². The number of rotatable bonds is 10. The first-order valence-electron chi connectivity index (χ1n) is 12.8. The van der Waals surface area contributed by atoms with Crippen LogP contribution in [0.3, 0.4) is 0 Å². The number of carboxylic acid groups (broad SMARTS) is 1.